The molecule has 0 radical (unpaired) electrons. The quantitative estimate of drug-likeness (QED) is 0.705. The predicted octanol–water partition coefficient (Wildman–Crippen LogP) is 4.35. The number of halogens is 2. The van der Waals surface area contributed by atoms with Gasteiger partial charge in [0.2, 0.25) is 0 Å². The van der Waals surface area contributed by atoms with Crippen LogP contribution in [-0.2, 0) is 14.3 Å². The van der Waals surface area contributed by atoms with Gasteiger partial charge >= 0.3 is 0 Å². The molecule has 0 heterocycles. The van der Waals surface area contributed by atoms with Crippen molar-refractivity contribution in [2.75, 3.05) is 20.8 Å². The second-order valence-corrected chi connectivity index (χ2v) is 6.68. The molecular formula is C19H23Cl2NO4. The Bertz CT molecular complexity index is 703. The summed E-state index contributed by atoms with van der Waals surface area (Å²) in [4.78, 5) is 12.5. The monoisotopic (exact) mass is 399 g/mol. The van der Waals surface area contributed by atoms with Crippen molar-refractivity contribution in [1.29, 1.82) is 0 Å². The summed E-state index contributed by atoms with van der Waals surface area (Å²) in [6, 6.07) is 4.92. The molecule has 1 aromatic carbocycles. The first-order chi connectivity index (χ1) is 12.5. The topological polar surface area (TPSA) is 56.8 Å². The van der Waals surface area contributed by atoms with Crippen molar-refractivity contribution in [1.82, 2.24) is 5.32 Å². The van der Waals surface area contributed by atoms with Crippen LogP contribution in [0, 0.1) is 5.92 Å². The molecule has 0 aromatic heterocycles. The Labute approximate surface area is 163 Å². The SMILES string of the molecule is CCC(Oc1ccc(Cl)cc1Cl)C(=O)NCC1C=C(OC)C(OC)=CC1. The molecule has 0 spiro atoms. The molecular weight excluding hydrogens is 377 g/mol. The standard InChI is InChI=1S/C19H23Cl2NO4/c1-4-15(26-16-8-6-13(20)10-14(16)21)19(23)22-11-12-5-7-17(24-2)18(9-12)25-3/h6-10,12,15H,4-5,11H2,1-3H3,(H,22,23). The molecule has 2 atom stereocenters. The van der Waals surface area contributed by atoms with Crippen LogP contribution < -0.4 is 10.1 Å². The third kappa shape index (κ3) is 5.32. The Hall–Kier alpha value is -1.85. The lowest BCUT2D eigenvalue weighted by molar-refractivity contribution is -0.128. The van der Waals surface area contributed by atoms with Crippen molar-refractivity contribution in [2.24, 2.45) is 5.92 Å². The van der Waals surface area contributed by atoms with Gasteiger partial charge in [-0.3, -0.25) is 4.79 Å². The number of hydrogen-bond donors (Lipinski definition) is 1. The Kier molecular flexibility index (Phi) is 7.66. The highest BCUT2D eigenvalue weighted by Crippen LogP contribution is 2.29. The molecule has 1 aromatic rings. The van der Waals surface area contributed by atoms with Crippen molar-refractivity contribution >= 4 is 29.1 Å². The van der Waals surface area contributed by atoms with E-state index in [4.69, 9.17) is 37.4 Å². The van der Waals surface area contributed by atoms with Gasteiger partial charge in [-0.2, -0.15) is 0 Å². The van der Waals surface area contributed by atoms with E-state index in [9.17, 15) is 4.79 Å². The van der Waals surface area contributed by atoms with Crippen LogP contribution in [0.25, 0.3) is 0 Å². The highest BCUT2D eigenvalue weighted by molar-refractivity contribution is 6.35. The summed E-state index contributed by atoms with van der Waals surface area (Å²) in [5.41, 5.74) is 0. The van der Waals surface area contributed by atoms with Gasteiger partial charge in [-0.1, -0.05) is 30.1 Å². The summed E-state index contributed by atoms with van der Waals surface area (Å²) >= 11 is 12.0. The normalized spacial score (nSPS) is 17.7. The lowest BCUT2D eigenvalue weighted by Gasteiger charge is -2.22. The van der Waals surface area contributed by atoms with E-state index in [1.165, 1.54) is 0 Å². The van der Waals surface area contributed by atoms with Crippen molar-refractivity contribution in [2.45, 2.75) is 25.9 Å². The third-order valence-corrected chi connectivity index (χ3v) is 4.57. The van der Waals surface area contributed by atoms with E-state index >= 15 is 0 Å². The van der Waals surface area contributed by atoms with Crippen molar-refractivity contribution < 1.29 is 19.0 Å². The number of nitrogens with one attached hydrogen (secondary N) is 1. The van der Waals surface area contributed by atoms with E-state index in [2.05, 4.69) is 5.32 Å². The molecule has 0 saturated carbocycles. The van der Waals surface area contributed by atoms with Gasteiger partial charge in [-0.25, -0.2) is 0 Å². The minimum absolute atomic E-state index is 0.129. The van der Waals surface area contributed by atoms with Gasteiger partial charge in [0.1, 0.15) is 5.75 Å². The first-order valence-corrected chi connectivity index (χ1v) is 9.13. The van der Waals surface area contributed by atoms with Crippen LogP contribution in [-0.4, -0.2) is 32.8 Å². The van der Waals surface area contributed by atoms with Gasteiger partial charge in [0.25, 0.3) is 5.91 Å². The average molecular weight is 400 g/mol. The zero-order valence-electron chi connectivity index (χ0n) is 15.1. The molecule has 2 unspecified atom stereocenters. The lowest BCUT2D eigenvalue weighted by atomic mass is 9.98. The number of methoxy groups -OCH3 is 2. The summed E-state index contributed by atoms with van der Waals surface area (Å²) in [5.74, 6) is 1.76. The predicted molar refractivity (Wildman–Crippen MR) is 102 cm³/mol. The fraction of sp³-hybridized carbons (Fsp3) is 0.421. The first kappa shape index (κ1) is 20.5. The van der Waals surface area contributed by atoms with Crippen molar-refractivity contribution in [3.05, 3.63) is 51.9 Å². The highest BCUT2D eigenvalue weighted by Gasteiger charge is 2.22. The summed E-state index contributed by atoms with van der Waals surface area (Å²) in [6.07, 6.45) is 4.56. The third-order valence-electron chi connectivity index (χ3n) is 4.04. The second kappa shape index (κ2) is 9.74. The number of hydrogen-bond acceptors (Lipinski definition) is 4. The number of rotatable bonds is 8. The number of carbonyl (C=O) groups excluding carboxylic acids is 1. The van der Waals surface area contributed by atoms with Gasteiger partial charge in [0.05, 0.1) is 19.2 Å². The van der Waals surface area contributed by atoms with Crippen LogP contribution >= 0.6 is 23.2 Å². The molecule has 7 heteroatoms. The Morgan fingerprint density at radius 3 is 2.62 bits per heavy atom. The van der Waals surface area contributed by atoms with Gasteiger partial charge in [0.15, 0.2) is 17.6 Å². The zero-order valence-corrected chi connectivity index (χ0v) is 16.6. The molecule has 0 saturated heterocycles. The van der Waals surface area contributed by atoms with Crippen LogP contribution in [0.4, 0.5) is 0 Å². The summed E-state index contributed by atoms with van der Waals surface area (Å²) in [7, 11) is 3.20. The first-order valence-electron chi connectivity index (χ1n) is 8.38. The number of allylic oxidation sites excluding steroid dienone is 1. The number of benzene rings is 1. The minimum atomic E-state index is -0.631. The largest absolute Gasteiger partial charge is 0.493 e. The smallest absolute Gasteiger partial charge is 0.261 e. The molecule has 0 aliphatic heterocycles. The Morgan fingerprint density at radius 2 is 2.00 bits per heavy atom. The Balaban J connectivity index is 1.93. The molecule has 1 aliphatic rings. The van der Waals surface area contributed by atoms with Crippen LogP contribution in [0.2, 0.25) is 10.0 Å². The lowest BCUT2D eigenvalue weighted by Crippen LogP contribution is -2.40. The summed E-state index contributed by atoms with van der Waals surface area (Å²) in [6.45, 7) is 2.36. The van der Waals surface area contributed by atoms with Crippen LogP contribution in [0.1, 0.15) is 19.8 Å². The van der Waals surface area contributed by atoms with Crippen LogP contribution in [0.3, 0.4) is 0 Å². The molecule has 0 bridgehead atoms. The van der Waals surface area contributed by atoms with Gasteiger partial charge in [0, 0.05) is 17.5 Å². The van der Waals surface area contributed by atoms with E-state index in [0.717, 1.165) is 6.42 Å². The fourth-order valence-electron chi connectivity index (χ4n) is 2.61. The fourth-order valence-corrected chi connectivity index (χ4v) is 3.06. The molecule has 5 nitrogen and oxygen atoms in total. The average Bonchev–Trinajstić information content (AvgIpc) is 2.65. The van der Waals surface area contributed by atoms with Crippen LogP contribution in [0.5, 0.6) is 5.75 Å². The molecule has 142 valence electrons. The number of carbonyl (C=O) groups is 1. The summed E-state index contributed by atoms with van der Waals surface area (Å²) in [5, 5.41) is 3.82. The van der Waals surface area contributed by atoms with E-state index < -0.39 is 6.10 Å². The molecule has 1 aliphatic carbocycles. The minimum Gasteiger partial charge on any atom is -0.493 e. The maximum absolute atomic E-state index is 12.5. The van der Waals surface area contributed by atoms with E-state index in [0.29, 0.717) is 40.3 Å². The van der Waals surface area contributed by atoms with E-state index in [1.807, 2.05) is 19.1 Å². The van der Waals surface area contributed by atoms with Crippen molar-refractivity contribution in [3.63, 3.8) is 0 Å². The molecule has 0 fully saturated rings. The van der Waals surface area contributed by atoms with Gasteiger partial charge in [-0.15, -0.1) is 0 Å². The van der Waals surface area contributed by atoms with E-state index in [-0.39, 0.29) is 11.8 Å². The second-order valence-electron chi connectivity index (χ2n) is 5.84. The molecule has 2 rings (SSSR count). The van der Waals surface area contributed by atoms with Gasteiger partial charge in [-0.05, 0) is 43.2 Å². The highest BCUT2D eigenvalue weighted by atomic mass is 35.5. The molecule has 26 heavy (non-hydrogen) atoms. The maximum Gasteiger partial charge on any atom is 0.261 e. The summed E-state index contributed by atoms with van der Waals surface area (Å²) < 4.78 is 16.3. The molecule has 1 amide bonds. The van der Waals surface area contributed by atoms with Crippen LogP contribution in [0.15, 0.2) is 41.9 Å². The number of amides is 1. The van der Waals surface area contributed by atoms with E-state index in [1.54, 1.807) is 32.4 Å². The number of ether oxygens (including phenoxy) is 3. The zero-order chi connectivity index (χ0) is 19.1. The maximum atomic E-state index is 12.5. The Morgan fingerprint density at radius 1 is 1.27 bits per heavy atom. The van der Waals surface area contributed by atoms with Gasteiger partial charge < -0.3 is 19.5 Å². The molecule has 1 N–H and O–H groups in total. The van der Waals surface area contributed by atoms with Crippen molar-refractivity contribution in [3.8, 4) is 5.75 Å².